The van der Waals surface area contributed by atoms with Gasteiger partial charge in [-0.05, 0) is 55.9 Å². The van der Waals surface area contributed by atoms with E-state index in [9.17, 15) is 0 Å². The van der Waals surface area contributed by atoms with E-state index in [0.717, 1.165) is 19.5 Å². The maximum absolute atomic E-state index is 5.98. The molecule has 2 heteroatoms. The molecule has 1 saturated heterocycles. The predicted molar refractivity (Wildman–Crippen MR) is 77.6 cm³/mol. The van der Waals surface area contributed by atoms with Gasteiger partial charge in [0.25, 0.3) is 0 Å². The first-order valence-electron chi connectivity index (χ1n) is 7.33. The normalized spacial score (nSPS) is 25.3. The van der Waals surface area contributed by atoms with Gasteiger partial charge in [0.15, 0.2) is 0 Å². The fourth-order valence-corrected chi connectivity index (χ4v) is 3.19. The van der Waals surface area contributed by atoms with Crippen molar-refractivity contribution in [3.8, 4) is 0 Å². The fraction of sp³-hybridized carbons (Fsp3) is 0.625. The van der Waals surface area contributed by atoms with Crippen LogP contribution in [0, 0.1) is 5.92 Å². The third-order valence-electron chi connectivity index (χ3n) is 4.30. The van der Waals surface area contributed by atoms with Gasteiger partial charge in [0, 0.05) is 6.04 Å². The number of aryl methyl sites for hydroxylation is 1. The van der Waals surface area contributed by atoms with E-state index in [1.165, 1.54) is 30.5 Å². The lowest BCUT2D eigenvalue weighted by molar-refractivity contribution is 0.102. The number of benzene rings is 1. The molecule has 0 radical (unpaired) electrons. The van der Waals surface area contributed by atoms with Crippen molar-refractivity contribution in [3.63, 3.8) is 0 Å². The molecule has 1 aromatic rings. The average Bonchev–Trinajstić information content (AvgIpc) is 2.46. The lowest BCUT2D eigenvalue weighted by atomic mass is 9.84. The number of hydrogen-bond donors (Lipinski definition) is 1. The summed E-state index contributed by atoms with van der Waals surface area (Å²) < 4.78 is 0. The topological polar surface area (TPSA) is 29.3 Å². The van der Waals surface area contributed by atoms with E-state index in [0.29, 0.717) is 12.0 Å². The van der Waals surface area contributed by atoms with Gasteiger partial charge >= 0.3 is 0 Å². The fourth-order valence-electron chi connectivity index (χ4n) is 3.19. The molecule has 100 valence electrons. The number of rotatable bonds is 4. The van der Waals surface area contributed by atoms with Crippen LogP contribution in [0.15, 0.2) is 24.3 Å². The zero-order chi connectivity index (χ0) is 13.0. The first-order chi connectivity index (χ1) is 8.80. The molecule has 1 aromatic carbocycles. The monoisotopic (exact) mass is 246 g/mol. The Morgan fingerprint density at radius 1 is 1.22 bits per heavy atom. The predicted octanol–water partition coefficient (Wildman–Crippen LogP) is 2.98. The summed E-state index contributed by atoms with van der Waals surface area (Å²) in [6.07, 6.45) is 3.68. The molecule has 2 rings (SSSR count). The number of nitrogens with zero attached hydrogens (tertiary/aromatic N) is 1. The summed E-state index contributed by atoms with van der Waals surface area (Å²) in [4.78, 5) is 2.59. The Balaban J connectivity index is 2.24. The van der Waals surface area contributed by atoms with Crippen molar-refractivity contribution in [3.05, 3.63) is 35.4 Å². The summed E-state index contributed by atoms with van der Waals surface area (Å²) in [5, 5.41) is 0. The number of hydrogen-bond acceptors (Lipinski definition) is 2. The first kappa shape index (κ1) is 13.6. The van der Waals surface area contributed by atoms with Crippen molar-refractivity contribution >= 4 is 0 Å². The summed E-state index contributed by atoms with van der Waals surface area (Å²) in [5.41, 5.74) is 8.84. The van der Waals surface area contributed by atoms with E-state index >= 15 is 0 Å². The van der Waals surface area contributed by atoms with Gasteiger partial charge in [0.1, 0.15) is 0 Å². The van der Waals surface area contributed by atoms with Gasteiger partial charge in [-0.25, -0.2) is 0 Å². The van der Waals surface area contributed by atoms with Crippen LogP contribution in [0.4, 0.5) is 0 Å². The SMILES string of the molecule is CCc1ccc(C2C(CN)CCCN2CC)cc1. The second-order valence-corrected chi connectivity index (χ2v) is 5.31. The molecule has 0 saturated carbocycles. The zero-order valence-electron chi connectivity index (χ0n) is 11.7. The third-order valence-corrected chi connectivity index (χ3v) is 4.30. The molecule has 0 aliphatic carbocycles. The van der Waals surface area contributed by atoms with Gasteiger partial charge in [0.05, 0.1) is 0 Å². The Morgan fingerprint density at radius 2 is 1.94 bits per heavy atom. The summed E-state index contributed by atoms with van der Waals surface area (Å²) >= 11 is 0. The highest BCUT2D eigenvalue weighted by atomic mass is 15.2. The van der Waals surface area contributed by atoms with E-state index in [-0.39, 0.29) is 0 Å². The quantitative estimate of drug-likeness (QED) is 0.885. The van der Waals surface area contributed by atoms with Crippen LogP contribution in [0.2, 0.25) is 0 Å². The second kappa shape index (κ2) is 6.35. The van der Waals surface area contributed by atoms with E-state index in [1.807, 2.05) is 0 Å². The van der Waals surface area contributed by atoms with Crippen molar-refractivity contribution in [1.29, 1.82) is 0 Å². The standard InChI is InChI=1S/C16H26N2/c1-3-13-7-9-14(10-8-13)16-15(12-17)6-5-11-18(16)4-2/h7-10,15-16H,3-6,11-12,17H2,1-2H3. The summed E-state index contributed by atoms with van der Waals surface area (Å²) in [5.74, 6) is 0.617. The number of likely N-dealkylation sites (tertiary alicyclic amines) is 1. The van der Waals surface area contributed by atoms with Crippen LogP contribution in [-0.4, -0.2) is 24.5 Å². The second-order valence-electron chi connectivity index (χ2n) is 5.31. The molecular formula is C16H26N2. The van der Waals surface area contributed by atoms with Crippen molar-refractivity contribution in [2.24, 2.45) is 11.7 Å². The zero-order valence-corrected chi connectivity index (χ0v) is 11.7. The van der Waals surface area contributed by atoms with Crippen LogP contribution in [0.25, 0.3) is 0 Å². The van der Waals surface area contributed by atoms with Gasteiger partial charge in [-0.2, -0.15) is 0 Å². The lowest BCUT2D eigenvalue weighted by Crippen LogP contribution is -2.41. The van der Waals surface area contributed by atoms with Gasteiger partial charge < -0.3 is 5.73 Å². The molecule has 2 atom stereocenters. The van der Waals surface area contributed by atoms with Crippen LogP contribution >= 0.6 is 0 Å². The highest BCUT2D eigenvalue weighted by Crippen LogP contribution is 2.35. The lowest BCUT2D eigenvalue weighted by Gasteiger charge is -2.41. The minimum atomic E-state index is 0.527. The molecular weight excluding hydrogens is 220 g/mol. The molecule has 1 aliphatic heterocycles. The molecule has 1 aliphatic rings. The van der Waals surface area contributed by atoms with Crippen LogP contribution in [-0.2, 0) is 6.42 Å². The van der Waals surface area contributed by atoms with Crippen LogP contribution in [0.1, 0.15) is 43.9 Å². The number of piperidine rings is 1. The van der Waals surface area contributed by atoms with Crippen LogP contribution in [0.3, 0.4) is 0 Å². The molecule has 18 heavy (non-hydrogen) atoms. The molecule has 2 N–H and O–H groups in total. The maximum Gasteiger partial charge on any atom is 0.0388 e. The van der Waals surface area contributed by atoms with E-state index < -0.39 is 0 Å². The summed E-state index contributed by atoms with van der Waals surface area (Å²) in [6.45, 7) is 7.60. The molecule has 2 nitrogen and oxygen atoms in total. The van der Waals surface area contributed by atoms with E-state index in [1.54, 1.807) is 0 Å². The van der Waals surface area contributed by atoms with Crippen molar-refractivity contribution < 1.29 is 0 Å². The first-order valence-corrected chi connectivity index (χ1v) is 7.33. The average molecular weight is 246 g/mol. The largest absolute Gasteiger partial charge is 0.330 e. The smallest absolute Gasteiger partial charge is 0.0388 e. The molecule has 0 spiro atoms. The van der Waals surface area contributed by atoms with Crippen molar-refractivity contribution in [2.75, 3.05) is 19.6 Å². The van der Waals surface area contributed by atoms with Gasteiger partial charge in [0.2, 0.25) is 0 Å². The molecule has 0 bridgehead atoms. The van der Waals surface area contributed by atoms with Gasteiger partial charge in [-0.15, -0.1) is 0 Å². The van der Waals surface area contributed by atoms with E-state index in [4.69, 9.17) is 5.73 Å². The highest BCUT2D eigenvalue weighted by molar-refractivity contribution is 5.26. The van der Waals surface area contributed by atoms with Crippen LogP contribution < -0.4 is 5.73 Å². The maximum atomic E-state index is 5.98. The van der Waals surface area contributed by atoms with E-state index in [2.05, 4.69) is 43.0 Å². The molecule has 0 amide bonds. The molecule has 1 fully saturated rings. The minimum Gasteiger partial charge on any atom is -0.330 e. The third kappa shape index (κ3) is 2.76. The van der Waals surface area contributed by atoms with Crippen molar-refractivity contribution in [2.45, 2.75) is 39.2 Å². The van der Waals surface area contributed by atoms with Gasteiger partial charge in [-0.1, -0.05) is 38.1 Å². The molecule has 1 heterocycles. The van der Waals surface area contributed by atoms with Crippen LogP contribution in [0.5, 0.6) is 0 Å². The number of nitrogens with two attached hydrogens (primary N) is 1. The summed E-state index contributed by atoms with van der Waals surface area (Å²) in [6, 6.07) is 9.68. The Bertz CT molecular complexity index is 346. The minimum absolute atomic E-state index is 0.527. The Morgan fingerprint density at radius 3 is 2.50 bits per heavy atom. The Kier molecular flexibility index (Phi) is 4.79. The molecule has 2 unspecified atom stereocenters. The molecule has 0 aromatic heterocycles. The van der Waals surface area contributed by atoms with Gasteiger partial charge in [-0.3, -0.25) is 4.90 Å². The Hall–Kier alpha value is -0.860. The van der Waals surface area contributed by atoms with Crippen molar-refractivity contribution in [1.82, 2.24) is 4.90 Å². The summed E-state index contributed by atoms with van der Waals surface area (Å²) in [7, 11) is 0. The Labute approximate surface area is 111 Å². The highest BCUT2D eigenvalue weighted by Gasteiger charge is 2.30.